The van der Waals surface area contributed by atoms with E-state index in [1.165, 1.54) is 57.3 Å². The van der Waals surface area contributed by atoms with Gasteiger partial charge in [0.15, 0.2) is 0 Å². The summed E-state index contributed by atoms with van der Waals surface area (Å²) >= 11 is 0. The van der Waals surface area contributed by atoms with Crippen molar-refractivity contribution in [1.82, 2.24) is 9.88 Å². The summed E-state index contributed by atoms with van der Waals surface area (Å²) in [7, 11) is 0. The fourth-order valence-corrected chi connectivity index (χ4v) is 4.68. The van der Waals surface area contributed by atoms with Crippen molar-refractivity contribution in [2.75, 3.05) is 37.6 Å². The Morgan fingerprint density at radius 2 is 1.96 bits per heavy atom. The average Bonchev–Trinajstić information content (AvgIpc) is 2.68. The molecule has 4 heteroatoms. The number of hydrogen-bond donors (Lipinski definition) is 1. The van der Waals surface area contributed by atoms with Gasteiger partial charge < -0.3 is 14.9 Å². The fraction of sp³-hybridized carbons (Fsp3) is 0.591. The van der Waals surface area contributed by atoms with Crippen LogP contribution in [0.4, 0.5) is 5.82 Å². The van der Waals surface area contributed by atoms with Crippen LogP contribution in [-0.2, 0) is 6.61 Å². The van der Waals surface area contributed by atoms with Crippen LogP contribution < -0.4 is 4.90 Å². The van der Waals surface area contributed by atoms with E-state index in [0.717, 1.165) is 35.4 Å². The topological polar surface area (TPSA) is 39.6 Å². The monoisotopic (exact) mass is 353 g/mol. The van der Waals surface area contributed by atoms with E-state index in [0.29, 0.717) is 5.92 Å². The highest BCUT2D eigenvalue weighted by atomic mass is 16.3. The molecule has 0 amide bonds. The number of aryl methyl sites for hydroxylation is 1. The Hall–Kier alpha value is -1.65. The maximum absolute atomic E-state index is 9.93. The van der Waals surface area contributed by atoms with Crippen LogP contribution >= 0.6 is 0 Å². The van der Waals surface area contributed by atoms with Gasteiger partial charge in [0.2, 0.25) is 0 Å². The number of aromatic nitrogens is 1. The zero-order chi connectivity index (χ0) is 17.9. The molecule has 1 N–H and O–H groups in total. The minimum absolute atomic E-state index is 0.0551. The molecule has 2 saturated heterocycles. The molecule has 0 radical (unpaired) electrons. The fourth-order valence-electron chi connectivity index (χ4n) is 4.68. The molecule has 0 spiro atoms. The van der Waals surface area contributed by atoms with Crippen molar-refractivity contribution in [3.63, 3.8) is 0 Å². The minimum Gasteiger partial charge on any atom is -0.392 e. The summed E-state index contributed by atoms with van der Waals surface area (Å²) < 4.78 is 0. The van der Waals surface area contributed by atoms with E-state index in [2.05, 4.69) is 41.0 Å². The Labute approximate surface area is 156 Å². The molecule has 0 unspecified atom stereocenters. The largest absolute Gasteiger partial charge is 0.392 e. The third-order valence-electron chi connectivity index (χ3n) is 6.06. The van der Waals surface area contributed by atoms with E-state index in [4.69, 9.17) is 4.98 Å². The van der Waals surface area contributed by atoms with E-state index in [9.17, 15) is 5.11 Å². The number of fused-ring (bicyclic) bond motifs is 1. The SMILES string of the molecule is Cc1cccc2cc(CO)c(N3CCC[C@H](CN4CCCCC4)C3)nc12. The number of rotatable bonds is 4. The van der Waals surface area contributed by atoms with Gasteiger partial charge in [-0.15, -0.1) is 0 Å². The maximum atomic E-state index is 9.93. The number of piperidine rings is 2. The highest BCUT2D eigenvalue weighted by Crippen LogP contribution is 2.29. The first-order valence-corrected chi connectivity index (χ1v) is 10.2. The summed E-state index contributed by atoms with van der Waals surface area (Å²) in [4.78, 5) is 10.1. The van der Waals surface area contributed by atoms with Crippen molar-refractivity contribution in [3.8, 4) is 0 Å². The number of benzene rings is 1. The highest BCUT2D eigenvalue weighted by molar-refractivity contribution is 5.84. The molecule has 1 aromatic heterocycles. The van der Waals surface area contributed by atoms with Gasteiger partial charge in [-0.2, -0.15) is 0 Å². The molecule has 1 aromatic carbocycles. The van der Waals surface area contributed by atoms with Crippen LogP contribution in [0.2, 0.25) is 0 Å². The van der Waals surface area contributed by atoms with Crippen LogP contribution in [0, 0.1) is 12.8 Å². The average molecular weight is 354 g/mol. The number of pyridine rings is 1. The van der Waals surface area contributed by atoms with Crippen LogP contribution in [0.1, 0.15) is 43.2 Å². The molecule has 3 heterocycles. The molecule has 2 aliphatic heterocycles. The quantitative estimate of drug-likeness (QED) is 0.909. The van der Waals surface area contributed by atoms with Gasteiger partial charge in [-0.05, 0) is 63.2 Å². The van der Waals surface area contributed by atoms with E-state index in [1.54, 1.807) is 0 Å². The van der Waals surface area contributed by atoms with E-state index >= 15 is 0 Å². The number of likely N-dealkylation sites (tertiary alicyclic amines) is 1. The molecular formula is C22H31N3O. The summed E-state index contributed by atoms with van der Waals surface area (Å²) in [6.45, 7) is 8.05. The highest BCUT2D eigenvalue weighted by Gasteiger charge is 2.25. The first-order valence-electron chi connectivity index (χ1n) is 10.2. The summed E-state index contributed by atoms with van der Waals surface area (Å²) in [5.74, 6) is 1.71. The van der Waals surface area contributed by atoms with Gasteiger partial charge in [-0.3, -0.25) is 0 Å². The molecule has 1 atom stereocenters. The minimum atomic E-state index is 0.0551. The molecule has 2 aromatic rings. The lowest BCUT2D eigenvalue weighted by Gasteiger charge is -2.38. The molecule has 0 aliphatic carbocycles. The molecule has 2 fully saturated rings. The van der Waals surface area contributed by atoms with Gasteiger partial charge in [0, 0.05) is 30.6 Å². The first-order chi connectivity index (χ1) is 12.7. The molecule has 4 nitrogen and oxygen atoms in total. The number of aliphatic hydroxyl groups excluding tert-OH is 1. The second-order valence-corrected chi connectivity index (χ2v) is 8.09. The third kappa shape index (κ3) is 3.72. The van der Waals surface area contributed by atoms with Crippen molar-refractivity contribution in [3.05, 3.63) is 35.4 Å². The Morgan fingerprint density at radius 3 is 2.77 bits per heavy atom. The van der Waals surface area contributed by atoms with E-state index in [-0.39, 0.29) is 6.61 Å². The summed E-state index contributed by atoms with van der Waals surface area (Å²) in [5, 5.41) is 11.1. The molecule has 0 bridgehead atoms. The lowest BCUT2D eigenvalue weighted by molar-refractivity contribution is 0.185. The number of anilines is 1. The second-order valence-electron chi connectivity index (χ2n) is 8.09. The number of para-hydroxylation sites is 1. The number of hydrogen-bond acceptors (Lipinski definition) is 4. The second kappa shape index (κ2) is 7.93. The van der Waals surface area contributed by atoms with Crippen molar-refractivity contribution in [2.45, 2.75) is 45.6 Å². The van der Waals surface area contributed by atoms with E-state index in [1.807, 2.05) is 0 Å². The Kier molecular flexibility index (Phi) is 5.41. The van der Waals surface area contributed by atoms with Crippen LogP contribution in [0.25, 0.3) is 10.9 Å². The van der Waals surface area contributed by atoms with Crippen LogP contribution in [0.3, 0.4) is 0 Å². The number of nitrogens with zero attached hydrogens (tertiary/aromatic N) is 3. The Morgan fingerprint density at radius 1 is 1.12 bits per heavy atom. The normalized spacial score (nSPS) is 22.1. The van der Waals surface area contributed by atoms with Crippen molar-refractivity contribution in [2.24, 2.45) is 5.92 Å². The van der Waals surface area contributed by atoms with Gasteiger partial charge >= 0.3 is 0 Å². The van der Waals surface area contributed by atoms with Crippen molar-refractivity contribution < 1.29 is 5.11 Å². The zero-order valence-electron chi connectivity index (χ0n) is 16.0. The molecule has 4 rings (SSSR count). The van der Waals surface area contributed by atoms with Crippen LogP contribution in [-0.4, -0.2) is 47.7 Å². The van der Waals surface area contributed by atoms with Gasteiger partial charge in [0.05, 0.1) is 12.1 Å². The van der Waals surface area contributed by atoms with Gasteiger partial charge in [0.25, 0.3) is 0 Å². The Bertz CT molecular complexity index is 754. The zero-order valence-corrected chi connectivity index (χ0v) is 16.0. The van der Waals surface area contributed by atoms with Gasteiger partial charge in [-0.25, -0.2) is 4.98 Å². The molecule has 0 saturated carbocycles. The third-order valence-corrected chi connectivity index (χ3v) is 6.06. The predicted molar refractivity (Wildman–Crippen MR) is 108 cm³/mol. The smallest absolute Gasteiger partial charge is 0.134 e. The summed E-state index contributed by atoms with van der Waals surface area (Å²) in [6.07, 6.45) is 6.64. The number of aliphatic hydroxyl groups is 1. The van der Waals surface area contributed by atoms with E-state index < -0.39 is 0 Å². The Balaban J connectivity index is 1.56. The molecule has 26 heavy (non-hydrogen) atoms. The maximum Gasteiger partial charge on any atom is 0.134 e. The van der Waals surface area contributed by atoms with Crippen molar-refractivity contribution in [1.29, 1.82) is 0 Å². The summed E-state index contributed by atoms with van der Waals surface area (Å²) in [6, 6.07) is 8.40. The summed E-state index contributed by atoms with van der Waals surface area (Å²) in [5.41, 5.74) is 3.23. The predicted octanol–water partition coefficient (Wildman–Crippen LogP) is 3.74. The molecule has 2 aliphatic rings. The lowest BCUT2D eigenvalue weighted by atomic mass is 9.96. The van der Waals surface area contributed by atoms with Gasteiger partial charge in [-0.1, -0.05) is 24.6 Å². The van der Waals surface area contributed by atoms with Crippen LogP contribution in [0.5, 0.6) is 0 Å². The molecule has 140 valence electrons. The van der Waals surface area contributed by atoms with Crippen LogP contribution in [0.15, 0.2) is 24.3 Å². The molecular weight excluding hydrogens is 322 g/mol. The first kappa shape index (κ1) is 17.7. The standard InChI is InChI=1S/C22H31N3O/c1-17-7-5-9-19-13-20(16-26)22(23-21(17)19)25-12-6-8-18(15-25)14-24-10-3-2-4-11-24/h5,7,9,13,18,26H,2-4,6,8,10-12,14-16H2,1H3/t18-/m1/s1. The van der Waals surface area contributed by atoms with Gasteiger partial charge in [0.1, 0.15) is 5.82 Å². The lowest BCUT2D eigenvalue weighted by Crippen LogP contribution is -2.43. The van der Waals surface area contributed by atoms with Crippen molar-refractivity contribution >= 4 is 16.7 Å².